The van der Waals surface area contributed by atoms with Crippen LogP contribution in [0.2, 0.25) is 0 Å². The molecule has 0 saturated carbocycles. The van der Waals surface area contributed by atoms with E-state index < -0.39 is 5.97 Å². The first-order chi connectivity index (χ1) is 8.45. The number of hydrogen-bond donors (Lipinski definition) is 2. The number of nitrogens with one attached hydrogen (secondary N) is 1. The molecule has 0 aromatic heterocycles. The second kappa shape index (κ2) is 6.35. The maximum Gasteiger partial charge on any atom is 0.336 e. The molecule has 0 bridgehead atoms. The number of allylic oxidation sites excluding steroid dienone is 1. The van der Waals surface area contributed by atoms with Crippen LogP contribution in [0.15, 0.2) is 34.3 Å². The summed E-state index contributed by atoms with van der Waals surface area (Å²) in [7, 11) is 0. The molecule has 96 valence electrons. The fraction of sp³-hybridized carbons (Fsp3) is 0.231. The van der Waals surface area contributed by atoms with Crippen LogP contribution in [0.4, 0.5) is 5.69 Å². The van der Waals surface area contributed by atoms with E-state index in [2.05, 4.69) is 21.2 Å². The molecule has 0 aliphatic heterocycles. The topological polar surface area (TPSA) is 66.4 Å². The summed E-state index contributed by atoms with van der Waals surface area (Å²) < 4.78 is 0.480. The van der Waals surface area contributed by atoms with Crippen LogP contribution in [0.1, 0.15) is 30.6 Å². The van der Waals surface area contributed by atoms with Crippen molar-refractivity contribution in [1.29, 1.82) is 0 Å². The summed E-state index contributed by atoms with van der Waals surface area (Å²) >= 11 is 3.15. The lowest BCUT2D eigenvalue weighted by Gasteiger charge is -2.07. The third kappa shape index (κ3) is 3.70. The second-order valence-electron chi connectivity index (χ2n) is 3.75. The molecule has 2 N–H and O–H groups in total. The Bertz CT molecular complexity index is 509. The van der Waals surface area contributed by atoms with Gasteiger partial charge in [-0.15, -0.1) is 0 Å². The fourth-order valence-corrected chi connectivity index (χ4v) is 1.81. The standard InChI is InChI=1S/C13H14BrNO3/c1-3-4-8(2)12(16)15-9-5-6-11(14)10(7-9)13(17)18/h4-7H,3H2,1-2H3,(H,15,16)(H,17,18)/b8-4-. The van der Waals surface area contributed by atoms with Gasteiger partial charge in [0.1, 0.15) is 0 Å². The molecule has 1 aromatic rings. The Hall–Kier alpha value is -1.62. The highest BCUT2D eigenvalue weighted by atomic mass is 79.9. The minimum absolute atomic E-state index is 0.116. The van der Waals surface area contributed by atoms with E-state index in [1.165, 1.54) is 6.07 Å². The highest BCUT2D eigenvalue weighted by Gasteiger charge is 2.11. The molecule has 5 heteroatoms. The molecule has 1 amide bonds. The van der Waals surface area contributed by atoms with Gasteiger partial charge in [-0.05, 0) is 47.5 Å². The van der Waals surface area contributed by atoms with Crippen molar-refractivity contribution >= 4 is 33.5 Å². The third-order valence-electron chi connectivity index (χ3n) is 2.32. The van der Waals surface area contributed by atoms with Gasteiger partial charge in [0.05, 0.1) is 5.56 Å². The Morgan fingerprint density at radius 3 is 2.67 bits per heavy atom. The molecule has 0 fully saturated rings. The van der Waals surface area contributed by atoms with E-state index in [4.69, 9.17) is 5.11 Å². The van der Waals surface area contributed by atoms with Crippen LogP contribution in [0.25, 0.3) is 0 Å². The number of aromatic carboxylic acids is 1. The minimum atomic E-state index is -1.04. The monoisotopic (exact) mass is 311 g/mol. The van der Waals surface area contributed by atoms with Gasteiger partial charge in [0.15, 0.2) is 0 Å². The van der Waals surface area contributed by atoms with Crippen molar-refractivity contribution in [3.63, 3.8) is 0 Å². The zero-order valence-corrected chi connectivity index (χ0v) is 11.7. The van der Waals surface area contributed by atoms with E-state index in [1.807, 2.05) is 13.0 Å². The predicted molar refractivity (Wildman–Crippen MR) is 73.8 cm³/mol. The third-order valence-corrected chi connectivity index (χ3v) is 3.01. The summed E-state index contributed by atoms with van der Waals surface area (Å²) in [6, 6.07) is 4.66. The molecule has 0 heterocycles. The number of carbonyl (C=O) groups excluding carboxylic acids is 1. The van der Waals surface area contributed by atoms with Crippen LogP contribution < -0.4 is 5.32 Å². The van der Waals surface area contributed by atoms with Crippen molar-refractivity contribution < 1.29 is 14.7 Å². The maximum absolute atomic E-state index is 11.7. The van der Waals surface area contributed by atoms with E-state index in [1.54, 1.807) is 19.1 Å². The Morgan fingerprint density at radius 2 is 2.11 bits per heavy atom. The molecular weight excluding hydrogens is 298 g/mol. The Balaban J connectivity index is 2.93. The van der Waals surface area contributed by atoms with E-state index in [-0.39, 0.29) is 11.5 Å². The molecule has 0 saturated heterocycles. The second-order valence-corrected chi connectivity index (χ2v) is 4.60. The average molecular weight is 312 g/mol. The Labute approximate surface area is 114 Å². The SMILES string of the molecule is CC/C=C(/C)C(=O)Nc1ccc(Br)c(C(=O)O)c1. The summed E-state index contributed by atoms with van der Waals surface area (Å²) in [5, 5.41) is 11.6. The lowest BCUT2D eigenvalue weighted by Crippen LogP contribution is -2.13. The molecule has 0 unspecified atom stereocenters. The molecular formula is C13H14BrNO3. The van der Waals surface area contributed by atoms with Crippen molar-refractivity contribution in [2.24, 2.45) is 0 Å². The number of benzene rings is 1. The number of amides is 1. The number of carbonyl (C=O) groups is 2. The van der Waals surface area contributed by atoms with Crippen molar-refractivity contribution in [2.75, 3.05) is 5.32 Å². The molecule has 0 spiro atoms. The number of rotatable bonds is 4. The van der Waals surface area contributed by atoms with E-state index in [0.29, 0.717) is 15.7 Å². The smallest absolute Gasteiger partial charge is 0.336 e. The van der Waals surface area contributed by atoms with Gasteiger partial charge in [-0.2, -0.15) is 0 Å². The van der Waals surface area contributed by atoms with Gasteiger partial charge in [-0.1, -0.05) is 13.0 Å². The molecule has 0 aliphatic carbocycles. The van der Waals surface area contributed by atoms with Gasteiger partial charge >= 0.3 is 5.97 Å². The summed E-state index contributed by atoms with van der Waals surface area (Å²) in [6.07, 6.45) is 2.59. The lowest BCUT2D eigenvalue weighted by atomic mass is 10.2. The number of halogens is 1. The van der Waals surface area contributed by atoms with Crippen molar-refractivity contribution in [3.05, 3.63) is 39.9 Å². The van der Waals surface area contributed by atoms with Crippen LogP contribution in [-0.2, 0) is 4.79 Å². The number of hydrogen-bond acceptors (Lipinski definition) is 2. The summed E-state index contributed by atoms with van der Waals surface area (Å²) in [6.45, 7) is 3.66. The summed E-state index contributed by atoms with van der Waals surface area (Å²) in [5.74, 6) is -1.27. The molecule has 0 atom stereocenters. The summed E-state index contributed by atoms with van der Waals surface area (Å²) in [5.41, 5.74) is 1.19. The molecule has 1 rings (SSSR count). The first kappa shape index (κ1) is 14.4. The van der Waals surface area contributed by atoms with Gasteiger partial charge in [0, 0.05) is 15.7 Å². The molecule has 18 heavy (non-hydrogen) atoms. The van der Waals surface area contributed by atoms with Crippen LogP contribution in [0, 0.1) is 0 Å². The van der Waals surface area contributed by atoms with Crippen molar-refractivity contribution in [1.82, 2.24) is 0 Å². The zero-order chi connectivity index (χ0) is 13.7. The van der Waals surface area contributed by atoms with Gasteiger partial charge in [0.25, 0.3) is 5.91 Å². The molecule has 1 aromatic carbocycles. The van der Waals surface area contributed by atoms with Crippen molar-refractivity contribution in [3.8, 4) is 0 Å². The zero-order valence-electron chi connectivity index (χ0n) is 10.2. The maximum atomic E-state index is 11.7. The molecule has 0 radical (unpaired) electrons. The van der Waals surface area contributed by atoms with Crippen LogP contribution >= 0.6 is 15.9 Å². The number of carboxylic acids is 1. The number of anilines is 1. The van der Waals surface area contributed by atoms with E-state index >= 15 is 0 Å². The van der Waals surface area contributed by atoms with Gasteiger partial charge in [-0.3, -0.25) is 4.79 Å². The summed E-state index contributed by atoms with van der Waals surface area (Å²) in [4.78, 5) is 22.7. The number of carboxylic acid groups (broad SMARTS) is 1. The molecule has 0 aliphatic rings. The highest BCUT2D eigenvalue weighted by Crippen LogP contribution is 2.21. The first-order valence-corrected chi connectivity index (χ1v) is 6.26. The normalized spacial score (nSPS) is 11.2. The van der Waals surface area contributed by atoms with Crippen molar-refractivity contribution in [2.45, 2.75) is 20.3 Å². The Morgan fingerprint density at radius 1 is 1.44 bits per heavy atom. The van der Waals surface area contributed by atoms with Gasteiger partial charge in [-0.25, -0.2) is 4.79 Å². The van der Waals surface area contributed by atoms with E-state index in [0.717, 1.165) is 6.42 Å². The predicted octanol–water partition coefficient (Wildman–Crippen LogP) is 3.44. The minimum Gasteiger partial charge on any atom is -0.478 e. The quantitative estimate of drug-likeness (QED) is 0.837. The lowest BCUT2D eigenvalue weighted by molar-refractivity contribution is -0.112. The first-order valence-electron chi connectivity index (χ1n) is 5.46. The van der Waals surface area contributed by atoms with Crippen LogP contribution in [-0.4, -0.2) is 17.0 Å². The van der Waals surface area contributed by atoms with Crippen LogP contribution in [0.3, 0.4) is 0 Å². The largest absolute Gasteiger partial charge is 0.478 e. The fourth-order valence-electron chi connectivity index (χ4n) is 1.40. The Kier molecular flexibility index (Phi) is 5.09. The van der Waals surface area contributed by atoms with Crippen LogP contribution in [0.5, 0.6) is 0 Å². The van der Waals surface area contributed by atoms with Gasteiger partial charge in [0.2, 0.25) is 0 Å². The average Bonchev–Trinajstić information content (AvgIpc) is 2.31. The van der Waals surface area contributed by atoms with E-state index in [9.17, 15) is 9.59 Å². The van der Waals surface area contributed by atoms with Gasteiger partial charge < -0.3 is 10.4 Å². The molecule has 4 nitrogen and oxygen atoms in total. The highest BCUT2D eigenvalue weighted by molar-refractivity contribution is 9.10.